The standard InChI is InChI=1S/C13H19BrF2N2O/c1-4-13(5-2,19-3)12(18-17)10-9(15)7-6-8(14)11(10)16/h6-7,12,18H,4-5,17H2,1-3H3. The second-order valence-electron chi connectivity index (χ2n) is 4.33. The topological polar surface area (TPSA) is 47.3 Å². The summed E-state index contributed by atoms with van der Waals surface area (Å²) in [6.45, 7) is 3.79. The lowest BCUT2D eigenvalue weighted by molar-refractivity contribution is -0.0503. The smallest absolute Gasteiger partial charge is 0.145 e. The van der Waals surface area contributed by atoms with Gasteiger partial charge in [0.1, 0.15) is 11.6 Å². The average Bonchev–Trinajstić information content (AvgIpc) is 2.43. The first-order valence-electron chi connectivity index (χ1n) is 6.12. The van der Waals surface area contributed by atoms with Crippen molar-refractivity contribution in [2.45, 2.75) is 38.3 Å². The van der Waals surface area contributed by atoms with Crippen LogP contribution in [0.5, 0.6) is 0 Å². The maximum absolute atomic E-state index is 14.2. The number of hydrazine groups is 1. The van der Waals surface area contributed by atoms with E-state index in [2.05, 4.69) is 21.4 Å². The third kappa shape index (κ3) is 2.97. The quantitative estimate of drug-likeness (QED) is 0.475. The molecule has 1 rings (SSSR count). The molecule has 0 saturated carbocycles. The Morgan fingerprint density at radius 1 is 1.37 bits per heavy atom. The molecule has 3 N–H and O–H groups in total. The van der Waals surface area contributed by atoms with E-state index in [0.717, 1.165) is 0 Å². The molecule has 0 spiro atoms. The summed E-state index contributed by atoms with van der Waals surface area (Å²) in [4.78, 5) is 0. The van der Waals surface area contributed by atoms with E-state index in [4.69, 9.17) is 10.6 Å². The summed E-state index contributed by atoms with van der Waals surface area (Å²) in [6, 6.07) is 1.76. The molecule has 19 heavy (non-hydrogen) atoms. The van der Waals surface area contributed by atoms with Crippen LogP contribution in [-0.4, -0.2) is 12.7 Å². The summed E-state index contributed by atoms with van der Waals surface area (Å²) in [5.41, 5.74) is 1.62. The maximum Gasteiger partial charge on any atom is 0.145 e. The van der Waals surface area contributed by atoms with Crippen molar-refractivity contribution in [3.8, 4) is 0 Å². The van der Waals surface area contributed by atoms with E-state index >= 15 is 0 Å². The van der Waals surface area contributed by atoms with Gasteiger partial charge in [0.15, 0.2) is 0 Å². The van der Waals surface area contributed by atoms with Crippen molar-refractivity contribution in [2.24, 2.45) is 5.84 Å². The minimum Gasteiger partial charge on any atom is -0.376 e. The summed E-state index contributed by atoms with van der Waals surface area (Å²) in [7, 11) is 1.52. The second-order valence-corrected chi connectivity index (χ2v) is 5.19. The van der Waals surface area contributed by atoms with Crippen LogP contribution in [0.1, 0.15) is 38.3 Å². The number of hydrogen-bond acceptors (Lipinski definition) is 3. The van der Waals surface area contributed by atoms with E-state index in [0.29, 0.717) is 12.8 Å². The number of nitrogens with one attached hydrogen (secondary N) is 1. The molecule has 0 saturated heterocycles. The monoisotopic (exact) mass is 336 g/mol. The highest BCUT2D eigenvalue weighted by Crippen LogP contribution is 2.38. The van der Waals surface area contributed by atoms with Crippen LogP contribution >= 0.6 is 15.9 Å². The van der Waals surface area contributed by atoms with Crippen molar-refractivity contribution in [3.05, 3.63) is 33.8 Å². The Morgan fingerprint density at radius 3 is 2.37 bits per heavy atom. The number of benzene rings is 1. The van der Waals surface area contributed by atoms with Crippen LogP contribution in [0.4, 0.5) is 8.78 Å². The Bertz CT molecular complexity index is 431. The third-order valence-corrected chi connectivity index (χ3v) is 4.28. The van der Waals surface area contributed by atoms with Crippen LogP contribution in [0.2, 0.25) is 0 Å². The number of halogens is 3. The van der Waals surface area contributed by atoms with Crippen molar-refractivity contribution >= 4 is 15.9 Å². The van der Waals surface area contributed by atoms with E-state index in [-0.39, 0.29) is 10.0 Å². The first-order chi connectivity index (χ1) is 8.97. The minimum absolute atomic E-state index is 0.109. The molecular formula is C13H19BrF2N2O. The van der Waals surface area contributed by atoms with E-state index in [1.807, 2.05) is 13.8 Å². The zero-order valence-electron chi connectivity index (χ0n) is 11.3. The van der Waals surface area contributed by atoms with Crippen LogP contribution in [-0.2, 0) is 4.74 Å². The molecule has 0 aliphatic heterocycles. The molecule has 0 bridgehead atoms. The first-order valence-corrected chi connectivity index (χ1v) is 6.91. The maximum atomic E-state index is 14.2. The molecule has 0 fully saturated rings. The summed E-state index contributed by atoms with van der Waals surface area (Å²) >= 11 is 3.06. The fourth-order valence-electron chi connectivity index (χ4n) is 2.37. The molecule has 0 aliphatic carbocycles. The van der Waals surface area contributed by atoms with Crippen LogP contribution < -0.4 is 11.3 Å². The fraction of sp³-hybridized carbons (Fsp3) is 0.538. The number of hydrogen-bond donors (Lipinski definition) is 2. The number of rotatable bonds is 6. The van der Waals surface area contributed by atoms with Gasteiger partial charge in [0.25, 0.3) is 0 Å². The van der Waals surface area contributed by atoms with Gasteiger partial charge in [-0.15, -0.1) is 0 Å². The molecule has 0 heterocycles. The lowest BCUT2D eigenvalue weighted by Gasteiger charge is -2.38. The minimum atomic E-state index is -0.773. The Morgan fingerprint density at radius 2 is 1.95 bits per heavy atom. The van der Waals surface area contributed by atoms with Gasteiger partial charge < -0.3 is 4.74 Å². The Hall–Kier alpha value is -0.560. The molecule has 6 heteroatoms. The van der Waals surface area contributed by atoms with Gasteiger partial charge in [0, 0.05) is 12.7 Å². The van der Waals surface area contributed by atoms with E-state index in [1.165, 1.54) is 19.2 Å². The lowest BCUT2D eigenvalue weighted by atomic mass is 9.83. The van der Waals surface area contributed by atoms with Crippen LogP contribution in [0.25, 0.3) is 0 Å². The Balaban J connectivity index is 3.42. The molecule has 0 amide bonds. The normalized spacial score (nSPS) is 13.6. The van der Waals surface area contributed by atoms with Gasteiger partial charge in [-0.05, 0) is 40.9 Å². The average molecular weight is 337 g/mol. The fourth-order valence-corrected chi connectivity index (χ4v) is 2.72. The molecule has 108 valence electrons. The van der Waals surface area contributed by atoms with Crippen molar-refractivity contribution in [2.75, 3.05) is 7.11 Å². The number of methoxy groups -OCH3 is 1. The molecule has 1 aromatic rings. The molecule has 0 aromatic heterocycles. The highest BCUT2D eigenvalue weighted by molar-refractivity contribution is 9.10. The predicted octanol–water partition coefficient (Wildman–Crippen LogP) is 3.44. The molecule has 0 radical (unpaired) electrons. The first kappa shape index (κ1) is 16.5. The number of nitrogens with two attached hydrogens (primary N) is 1. The van der Waals surface area contributed by atoms with Gasteiger partial charge in [-0.2, -0.15) is 0 Å². The van der Waals surface area contributed by atoms with Gasteiger partial charge in [-0.25, -0.2) is 14.2 Å². The van der Waals surface area contributed by atoms with Gasteiger partial charge >= 0.3 is 0 Å². The molecular weight excluding hydrogens is 318 g/mol. The summed E-state index contributed by atoms with van der Waals surface area (Å²) in [6.07, 6.45) is 1.14. The van der Waals surface area contributed by atoms with Crippen LogP contribution in [0.15, 0.2) is 16.6 Å². The summed E-state index contributed by atoms with van der Waals surface area (Å²) in [5, 5.41) is 0. The van der Waals surface area contributed by atoms with E-state index < -0.39 is 23.3 Å². The van der Waals surface area contributed by atoms with Gasteiger partial charge in [-0.3, -0.25) is 5.84 Å². The second kappa shape index (κ2) is 6.74. The van der Waals surface area contributed by atoms with E-state index in [1.54, 1.807) is 0 Å². The van der Waals surface area contributed by atoms with E-state index in [9.17, 15) is 8.78 Å². The zero-order chi connectivity index (χ0) is 14.6. The van der Waals surface area contributed by atoms with Crippen molar-refractivity contribution in [3.63, 3.8) is 0 Å². The van der Waals surface area contributed by atoms with Crippen molar-refractivity contribution in [1.82, 2.24) is 5.43 Å². The third-order valence-electron chi connectivity index (χ3n) is 3.66. The van der Waals surface area contributed by atoms with Crippen LogP contribution in [0, 0.1) is 11.6 Å². The molecule has 1 aromatic carbocycles. The van der Waals surface area contributed by atoms with Crippen LogP contribution in [0.3, 0.4) is 0 Å². The van der Waals surface area contributed by atoms with Gasteiger partial charge in [0.05, 0.1) is 16.1 Å². The largest absolute Gasteiger partial charge is 0.376 e. The Labute approximate surface area is 120 Å². The SMILES string of the molecule is CCC(CC)(OC)C(NN)c1c(F)ccc(Br)c1F. The lowest BCUT2D eigenvalue weighted by Crippen LogP contribution is -2.48. The molecule has 3 nitrogen and oxygen atoms in total. The van der Waals surface area contributed by atoms with Crippen molar-refractivity contribution in [1.29, 1.82) is 0 Å². The summed E-state index contributed by atoms with van der Waals surface area (Å²) in [5.74, 6) is 4.22. The highest BCUT2D eigenvalue weighted by atomic mass is 79.9. The summed E-state index contributed by atoms with van der Waals surface area (Å²) < 4.78 is 33.9. The molecule has 1 unspecified atom stereocenters. The van der Waals surface area contributed by atoms with Gasteiger partial charge in [0.2, 0.25) is 0 Å². The highest BCUT2D eigenvalue weighted by Gasteiger charge is 2.39. The predicted molar refractivity (Wildman–Crippen MR) is 74.4 cm³/mol. The van der Waals surface area contributed by atoms with Crippen molar-refractivity contribution < 1.29 is 13.5 Å². The zero-order valence-corrected chi connectivity index (χ0v) is 12.9. The molecule has 1 atom stereocenters. The Kier molecular flexibility index (Phi) is 5.85. The number of ether oxygens (including phenoxy) is 1. The molecule has 0 aliphatic rings. The van der Waals surface area contributed by atoms with Gasteiger partial charge in [-0.1, -0.05) is 13.8 Å².